The quantitative estimate of drug-likeness (QED) is 0.800. The molecular formula is C15H19F2NO3. The minimum atomic E-state index is -2.85. The second-order valence-corrected chi connectivity index (χ2v) is 5.24. The average molecular weight is 299 g/mol. The van der Waals surface area contributed by atoms with Gasteiger partial charge in [0.15, 0.2) is 0 Å². The van der Waals surface area contributed by atoms with Crippen molar-refractivity contribution in [1.82, 2.24) is 4.90 Å². The average Bonchev–Trinajstić information content (AvgIpc) is 3.22. The first-order valence-electron chi connectivity index (χ1n) is 6.99. The third kappa shape index (κ3) is 4.67. The van der Waals surface area contributed by atoms with Gasteiger partial charge in [0.25, 0.3) is 0 Å². The number of benzene rings is 1. The van der Waals surface area contributed by atoms with Gasteiger partial charge in [0.2, 0.25) is 0 Å². The number of hydrogen-bond donors (Lipinski definition) is 1. The second-order valence-electron chi connectivity index (χ2n) is 5.24. The standard InChI is InChI=1S/C15H19F2NO3/c1-10(18(12-5-6-12)8-7-14(19)20)11-3-2-4-13(9-11)21-15(16)17/h2-4,9-10,12,15H,5-8H2,1H3,(H,19,20). The molecule has 4 nitrogen and oxygen atoms in total. The van der Waals surface area contributed by atoms with Crippen LogP contribution in [-0.2, 0) is 4.79 Å². The van der Waals surface area contributed by atoms with Crippen LogP contribution in [-0.4, -0.2) is 35.2 Å². The molecule has 21 heavy (non-hydrogen) atoms. The number of rotatable bonds is 8. The van der Waals surface area contributed by atoms with E-state index in [-0.39, 0.29) is 18.2 Å². The van der Waals surface area contributed by atoms with E-state index in [1.165, 1.54) is 6.07 Å². The Morgan fingerprint density at radius 3 is 2.76 bits per heavy atom. The summed E-state index contributed by atoms with van der Waals surface area (Å²) in [5.74, 6) is -0.703. The van der Waals surface area contributed by atoms with Crippen LogP contribution >= 0.6 is 0 Å². The van der Waals surface area contributed by atoms with E-state index < -0.39 is 12.6 Å². The van der Waals surface area contributed by atoms with E-state index in [0.717, 1.165) is 18.4 Å². The number of nitrogens with zero attached hydrogens (tertiary/aromatic N) is 1. The van der Waals surface area contributed by atoms with Gasteiger partial charge in [-0.05, 0) is 37.5 Å². The summed E-state index contributed by atoms with van der Waals surface area (Å²) >= 11 is 0. The molecule has 0 aromatic heterocycles. The first kappa shape index (κ1) is 15.7. The molecule has 0 heterocycles. The van der Waals surface area contributed by atoms with E-state index >= 15 is 0 Å². The van der Waals surface area contributed by atoms with Crippen LogP contribution in [0.2, 0.25) is 0 Å². The van der Waals surface area contributed by atoms with Gasteiger partial charge in [-0.3, -0.25) is 9.69 Å². The molecule has 1 aromatic rings. The van der Waals surface area contributed by atoms with E-state index in [1.54, 1.807) is 12.1 Å². The molecule has 1 unspecified atom stereocenters. The minimum absolute atomic E-state index is 0.0296. The number of ether oxygens (including phenoxy) is 1. The van der Waals surface area contributed by atoms with Crippen LogP contribution in [0, 0.1) is 0 Å². The van der Waals surface area contributed by atoms with Crippen LogP contribution in [0.5, 0.6) is 5.75 Å². The SMILES string of the molecule is CC(c1cccc(OC(F)F)c1)N(CCC(=O)O)C1CC1. The highest BCUT2D eigenvalue weighted by molar-refractivity contribution is 5.66. The molecule has 6 heteroatoms. The third-order valence-electron chi connectivity index (χ3n) is 3.66. The van der Waals surface area contributed by atoms with Crippen molar-refractivity contribution in [2.75, 3.05) is 6.54 Å². The van der Waals surface area contributed by atoms with Crippen molar-refractivity contribution in [2.24, 2.45) is 0 Å². The fraction of sp³-hybridized carbons (Fsp3) is 0.533. The number of aliphatic carboxylic acids is 1. The van der Waals surface area contributed by atoms with Crippen molar-refractivity contribution in [3.63, 3.8) is 0 Å². The van der Waals surface area contributed by atoms with E-state index in [4.69, 9.17) is 5.11 Å². The summed E-state index contributed by atoms with van der Waals surface area (Å²) in [6, 6.07) is 6.95. The van der Waals surface area contributed by atoms with Crippen LogP contribution in [0.3, 0.4) is 0 Å². The van der Waals surface area contributed by atoms with Crippen LogP contribution in [0.1, 0.15) is 37.8 Å². The van der Waals surface area contributed by atoms with Gasteiger partial charge in [-0.15, -0.1) is 0 Å². The first-order valence-corrected chi connectivity index (χ1v) is 6.99. The lowest BCUT2D eigenvalue weighted by molar-refractivity contribution is -0.137. The fourth-order valence-electron chi connectivity index (χ4n) is 2.47. The lowest BCUT2D eigenvalue weighted by Crippen LogP contribution is -2.31. The Bertz CT molecular complexity index is 492. The van der Waals surface area contributed by atoms with Crippen molar-refractivity contribution in [3.05, 3.63) is 29.8 Å². The van der Waals surface area contributed by atoms with Crippen LogP contribution in [0.15, 0.2) is 24.3 Å². The van der Waals surface area contributed by atoms with Gasteiger partial charge < -0.3 is 9.84 Å². The zero-order valence-electron chi connectivity index (χ0n) is 11.8. The van der Waals surface area contributed by atoms with Crippen LogP contribution in [0.25, 0.3) is 0 Å². The fourth-order valence-corrected chi connectivity index (χ4v) is 2.47. The highest BCUT2D eigenvalue weighted by Crippen LogP contribution is 2.35. The maximum Gasteiger partial charge on any atom is 0.387 e. The molecule has 2 rings (SSSR count). The molecule has 0 radical (unpaired) electrons. The number of carboxylic acids is 1. The number of alkyl halides is 2. The number of hydrogen-bond acceptors (Lipinski definition) is 3. The largest absolute Gasteiger partial charge is 0.481 e. The van der Waals surface area contributed by atoms with Gasteiger partial charge in [-0.1, -0.05) is 12.1 Å². The Kier molecular flexibility index (Phi) is 5.12. The highest BCUT2D eigenvalue weighted by Gasteiger charge is 2.32. The van der Waals surface area contributed by atoms with Gasteiger partial charge in [0, 0.05) is 18.6 Å². The lowest BCUT2D eigenvalue weighted by Gasteiger charge is -2.29. The van der Waals surface area contributed by atoms with Crippen molar-refractivity contribution in [3.8, 4) is 5.75 Å². The number of halogens is 2. The highest BCUT2D eigenvalue weighted by atomic mass is 19.3. The predicted molar refractivity (Wildman–Crippen MR) is 73.5 cm³/mol. The maximum atomic E-state index is 12.3. The molecule has 1 aliphatic carbocycles. The van der Waals surface area contributed by atoms with Gasteiger partial charge in [0.1, 0.15) is 5.75 Å². The van der Waals surface area contributed by atoms with Crippen molar-refractivity contribution in [1.29, 1.82) is 0 Å². The Balaban J connectivity index is 2.08. The van der Waals surface area contributed by atoms with E-state index in [1.807, 2.05) is 13.0 Å². The van der Waals surface area contributed by atoms with Gasteiger partial charge in [-0.25, -0.2) is 0 Å². The van der Waals surface area contributed by atoms with Gasteiger partial charge in [0.05, 0.1) is 6.42 Å². The molecule has 1 saturated carbocycles. The van der Waals surface area contributed by atoms with Crippen LogP contribution < -0.4 is 4.74 Å². The molecule has 1 fully saturated rings. The zero-order valence-corrected chi connectivity index (χ0v) is 11.8. The Labute approximate surface area is 122 Å². The molecule has 0 bridgehead atoms. The van der Waals surface area contributed by atoms with Gasteiger partial charge >= 0.3 is 12.6 Å². The van der Waals surface area contributed by atoms with E-state index in [2.05, 4.69) is 9.64 Å². The molecule has 0 aliphatic heterocycles. The summed E-state index contributed by atoms with van der Waals surface area (Å²) < 4.78 is 28.9. The lowest BCUT2D eigenvalue weighted by atomic mass is 10.1. The summed E-state index contributed by atoms with van der Waals surface area (Å²) in [6.07, 6.45) is 2.18. The van der Waals surface area contributed by atoms with E-state index in [9.17, 15) is 13.6 Å². The number of carbonyl (C=O) groups is 1. The third-order valence-corrected chi connectivity index (χ3v) is 3.66. The molecular weight excluding hydrogens is 280 g/mol. The molecule has 0 saturated heterocycles. The summed E-state index contributed by atoms with van der Waals surface area (Å²) in [7, 11) is 0. The molecule has 0 amide bonds. The van der Waals surface area contributed by atoms with Crippen molar-refractivity contribution >= 4 is 5.97 Å². The zero-order chi connectivity index (χ0) is 15.4. The topological polar surface area (TPSA) is 49.8 Å². The maximum absolute atomic E-state index is 12.3. The second kappa shape index (κ2) is 6.85. The summed E-state index contributed by atoms with van der Waals surface area (Å²) in [5.41, 5.74) is 0.852. The molecule has 116 valence electrons. The normalized spacial score (nSPS) is 16.2. The van der Waals surface area contributed by atoms with E-state index in [0.29, 0.717) is 12.6 Å². The van der Waals surface area contributed by atoms with Crippen molar-refractivity contribution in [2.45, 2.75) is 44.9 Å². The molecule has 1 aromatic carbocycles. The predicted octanol–water partition coefficient (Wildman–Crippen LogP) is 3.29. The number of carboxylic acid groups (broad SMARTS) is 1. The Hall–Kier alpha value is -1.69. The monoisotopic (exact) mass is 299 g/mol. The first-order chi connectivity index (χ1) is 9.97. The molecule has 0 spiro atoms. The molecule has 1 N–H and O–H groups in total. The Morgan fingerprint density at radius 2 is 2.19 bits per heavy atom. The Morgan fingerprint density at radius 1 is 1.48 bits per heavy atom. The minimum Gasteiger partial charge on any atom is -0.481 e. The molecule has 1 atom stereocenters. The smallest absolute Gasteiger partial charge is 0.387 e. The van der Waals surface area contributed by atoms with Crippen LogP contribution in [0.4, 0.5) is 8.78 Å². The summed E-state index contributed by atoms with van der Waals surface area (Å²) in [4.78, 5) is 12.9. The van der Waals surface area contributed by atoms with Crippen molar-refractivity contribution < 1.29 is 23.4 Å². The van der Waals surface area contributed by atoms with Gasteiger partial charge in [-0.2, -0.15) is 8.78 Å². The summed E-state index contributed by atoms with van der Waals surface area (Å²) in [6.45, 7) is -0.426. The molecule has 1 aliphatic rings. The summed E-state index contributed by atoms with van der Waals surface area (Å²) in [5, 5.41) is 8.83.